The first-order chi connectivity index (χ1) is 11.2. The van der Waals surface area contributed by atoms with Crippen molar-refractivity contribution < 1.29 is 14.3 Å². The molecule has 0 saturated carbocycles. The van der Waals surface area contributed by atoms with Crippen molar-refractivity contribution >= 4 is 5.91 Å². The van der Waals surface area contributed by atoms with Crippen LogP contribution in [0.25, 0.3) is 0 Å². The van der Waals surface area contributed by atoms with Crippen molar-refractivity contribution in [2.75, 3.05) is 19.9 Å². The molecule has 0 radical (unpaired) electrons. The van der Waals surface area contributed by atoms with Crippen LogP contribution in [0.2, 0.25) is 0 Å². The molecule has 2 aliphatic rings. The zero-order valence-electron chi connectivity index (χ0n) is 12.5. The van der Waals surface area contributed by atoms with Gasteiger partial charge < -0.3 is 19.4 Å². The molecule has 23 heavy (non-hydrogen) atoms. The molecule has 1 aromatic heterocycles. The lowest BCUT2D eigenvalue weighted by Gasteiger charge is -2.16. The minimum atomic E-state index is -0.207. The summed E-state index contributed by atoms with van der Waals surface area (Å²) < 4.78 is 10.7. The number of hydrogen-bond donors (Lipinski definition) is 1. The van der Waals surface area contributed by atoms with Gasteiger partial charge in [-0.1, -0.05) is 6.07 Å². The van der Waals surface area contributed by atoms with Crippen molar-refractivity contribution in [1.29, 1.82) is 0 Å². The SMILES string of the molecule is O=C(c1ccc(=O)[nH]c1)N1CCC(c2ccc3c(c2)OCO3)C1. The number of nitrogens with one attached hydrogen (secondary N) is 1. The van der Waals surface area contributed by atoms with Crippen molar-refractivity contribution in [3.05, 3.63) is 58.0 Å². The van der Waals surface area contributed by atoms with Crippen LogP contribution in [0, 0.1) is 0 Å². The Labute approximate surface area is 132 Å². The molecule has 0 bridgehead atoms. The first-order valence-corrected chi connectivity index (χ1v) is 7.58. The van der Waals surface area contributed by atoms with Gasteiger partial charge in [-0.2, -0.15) is 0 Å². The lowest BCUT2D eigenvalue weighted by atomic mass is 9.98. The predicted molar refractivity (Wildman–Crippen MR) is 82.9 cm³/mol. The Morgan fingerprint density at radius 1 is 1.17 bits per heavy atom. The molecule has 2 aromatic rings. The standard InChI is InChI=1S/C17H16N2O4/c20-16-4-2-12(8-18-16)17(21)19-6-5-13(9-19)11-1-3-14-15(7-11)23-10-22-14/h1-4,7-8,13H,5-6,9-10H2,(H,18,20). The summed E-state index contributed by atoms with van der Waals surface area (Å²) in [5.41, 5.74) is 1.46. The van der Waals surface area contributed by atoms with E-state index in [2.05, 4.69) is 4.98 Å². The third-order valence-corrected chi connectivity index (χ3v) is 4.37. The molecule has 1 amide bonds. The van der Waals surface area contributed by atoms with Crippen LogP contribution in [-0.2, 0) is 0 Å². The molecule has 118 valence electrons. The quantitative estimate of drug-likeness (QED) is 0.917. The van der Waals surface area contributed by atoms with Crippen LogP contribution in [0.5, 0.6) is 11.5 Å². The normalized spacial score (nSPS) is 19.1. The number of carbonyl (C=O) groups is 1. The summed E-state index contributed by atoms with van der Waals surface area (Å²) in [4.78, 5) is 27.9. The van der Waals surface area contributed by atoms with Crippen molar-refractivity contribution in [3.8, 4) is 11.5 Å². The highest BCUT2D eigenvalue weighted by molar-refractivity contribution is 5.94. The Hall–Kier alpha value is -2.76. The third-order valence-electron chi connectivity index (χ3n) is 4.37. The van der Waals surface area contributed by atoms with Crippen LogP contribution in [0.15, 0.2) is 41.3 Å². The highest BCUT2D eigenvalue weighted by atomic mass is 16.7. The molecule has 3 heterocycles. The van der Waals surface area contributed by atoms with Crippen LogP contribution >= 0.6 is 0 Å². The molecule has 4 rings (SSSR count). The molecule has 0 aliphatic carbocycles. The number of H-pyrrole nitrogens is 1. The lowest BCUT2D eigenvalue weighted by molar-refractivity contribution is 0.0790. The number of benzene rings is 1. The van der Waals surface area contributed by atoms with Crippen LogP contribution in [0.1, 0.15) is 28.3 Å². The van der Waals surface area contributed by atoms with Crippen LogP contribution < -0.4 is 15.0 Å². The van der Waals surface area contributed by atoms with E-state index in [1.54, 1.807) is 6.07 Å². The number of rotatable bonds is 2. The number of likely N-dealkylation sites (tertiary alicyclic amines) is 1. The zero-order chi connectivity index (χ0) is 15.8. The summed E-state index contributed by atoms with van der Waals surface area (Å²) in [5, 5.41) is 0. The van der Waals surface area contributed by atoms with Gasteiger partial charge in [-0.15, -0.1) is 0 Å². The number of carbonyl (C=O) groups excluding carboxylic acids is 1. The summed E-state index contributed by atoms with van der Waals surface area (Å²) in [6.07, 6.45) is 2.38. The maximum absolute atomic E-state index is 12.5. The molecule has 1 atom stereocenters. The molecule has 1 aromatic carbocycles. The summed E-state index contributed by atoms with van der Waals surface area (Å²) >= 11 is 0. The van der Waals surface area contributed by atoms with E-state index >= 15 is 0 Å². The predicted octanol–water partition coefficient (Wildman–Crippen LogP) is 1.73. The fraction of sp³-hybridized carbons (Fsp3) is 0.294. The van der Waals surface area contributed by atoms with Gasteiger partial charge in [-0.05, 0) is 30.2 Å². The monoisotopic (exact) mass is 312 g/mol. The van der Waals surface area contributed by atoms with Gasteiger partial charge >= 0.3 is 0 Å². The molecule has 1 N–H and O–H groups in total. The molecular formula is C17H16N2O4. The highest BCUT2D eigenvalue weighted by Gasteiger charge is 2.29. The van der Waals surface area contributed by atoms with Crippen molar-refractivity contribution in [3.63, 3.8) is 0 Å². The fourth-order valence-electron chi connectivity index (χ4n) is 3.11. The van der Waals surface area contributed by atoms with Gasteiger partial charge in [0.05, 0.1) is 5.56 Å². The van der Waals surface area contributed by atoms with E-state index in [0.717, 1.165) is 23.5 Å². The molecular weight excluding hydrogens is 296 g/mol. The van der Waals surface area contributed by atoms with Crippen LogP contribution in [0.4, 0.5) is 0 Å². The maximum Gasteiger partial charge on any atom is 0.255 e. The minimum Gasteiger partial charge on any atom is -0.454 e. The first-order valence-electron chi connectivity index (χ1n) is 7.58. The zero-order valence-corrected chi connectivity index (χ0v) is 12.5. The Kier molecular flexibility index (Phi) is 3.29. The molecule has 1 fully saturated rings. The second-order valence-electron chi connectivity index (χ2n) is 5.79. The largest absolute Gasteiger partial charge is 0.454 e. The Morgan fingerprint density at radius 2 is 2.04 bits per heavy atom. The molecule has 2 aliphatic heterocycles. The second-order valence-corrected chi connectivity index (χ2v) is 5.79. The average molecular weight is 312 g/mol. The van der Waals surface area contributed by atoms with Crippen molar-refractivity contribution in [2.45, 2.75) is 12.3 Å². The van der Waals surface area contributed by atoms with E-state index in [1.165, 1.54) is 12.3 Å². The Morgan fingerprint density at radius 3 is 2.87 bits per heavy atom. The maximum atomic E-state index is 12.5. The average Bonchev–Trinajstić information content (AvgIpc) is 3.23. The number of nitrogens with zero attached hydrogens (tertiary/aromatic N) is 1. The molecule has 0 spiro atoms. The number of ether oxygens (including phenoxy) is 2. The van der Waals surface area contributed by atoms with E-state index in [4.69, 9.17) is 9.47 Å². The number of aromatic nitrogens is 1. The van der Waals surface area contributed by atoms with E-state index in [0.29, 0.717) is 18.7 Å². The molecule has 6 nitrogen and oxygen atoms in total. The van der Waals surface area contributed by atoms with Gasteiger partial charge in [0.2, 0.25) is 12.4 Å². The summed E-state index contributed by atoms with van der Waals surface area (Å²) in [6, 6.07) is 8.89. The molecule has 1 saturated heterocycles. The van der Waals surface area contributed by atoms with E-state index in [1.807, 2.05) is 23.1 Å². The fourth-order valence-corrected chi connectivity index (χ4v) is 3.11. The number of hydrogen-bond acceptors (Lipinski definition) is 4. The van der Waals surface area contributed by atoms with Gasteiger partial charge in [0.1, 0.15) is 0 Å². The van der Waals surface area contributed by atoms with E-state index in [-0.39, 0.29) is 24.2 Å². The van der Waals surface area contributed by atoms with E-state index < -0.39 is 0 Å². The van der Waals surface area contributed by atoms with Gasteiger partial charge in [-0.3, -0.25) is 9.59 Å². The summed E-state index contributed by atoms with van der Waals surface area (Å²) in [6.45, 7) is 1.63. The lowest BCUT2D eigenvalue weighted by Crippen LogP contribution is -2.29. The third kappa shape index (κ3) is 2.56. The number of aromatic amines is 1. The Balaban J connectivity index is 1.49. The first kappa shape index (κ1) is 13.9. The van der Waals surface area contributed by atoms with Crippen LogP contribution in [0.3, 0.4) is 0 Å². The van der Waals surface area contributed by atoms with Crippen molar-refractivity contribution in [2.24, 2.45) is 0 Å². The van der Waals surface area contributed by atoms with Gasteiger partial charge in [0.15, 0.2) is 11.5 Å². The van der Waals surface area contributed by atoms with Crippen molar-refractivity contribution in [1.82, 2.24) is 9.88 Å². The number of fused-ring (bicyclic) bond motifs is 1. The van der Waals surface area contributed by atoms with Gasteiger partial charge in [0.25, 0.3) is 5.91 Å². The summed E-state index contributed by atoms with van der Waals surface area (Å²) in [7, 11) is 0. The summed E-state index contributed by atoms with van der Waals surface area (Å²) in [5.74, 6) is 1.78. The number of pyridine rings is 1. The second kappa shape index (κ2) is 5.46. The number of amides is 1. The Bertz CT molecular complexity index is 794. The minimum absolute atomic E-state index is 0.0514. The van der Waals surface area contributed by atoms with Crippen LogP contribution in [-0.4, -0.2) is 35.7 Å². The molecule has 6 heteroatoms. The smallest absolute Gasteiger partial charge is 0.255 e. The highest BCUT2D eigenvalue weighted by Crippen LogP contribution is 2.37. The van der Waals surface area contributed by atoms with Gasteiger partial charge in [0, 0.05) is 31.3 Å². The molecule has 1 unspecified atom stereocenters. The van der Waals surface area contributed by atoms with Gasteiger partial charge in [-0.25, -0.2) is 0 Å². The topological polar surface area (TPSA) is 71.6 Å². The van der Waals surface area contributed by atoms with E-state index in [9.17, 15) is 9.59 Å².